The number of para-hydroxylation sites is 1. The van der Waals surface area contributed by atoms with Gasteiger partial charge in [-0.05, 0) is 43.7 Å². The molecule has 23 heavy (non-hydrogen) atoms. The van der Waals surface area contributed by atoms with Crippen LogP contribution in [0, 0.1) is 13.8 Å². The Labute approximate surface area is 140 Å². The molecule has 0 aliphatic carbocycles. The number of rotatable bonds is 2. The lowest BCUT2D eigenvalue weighted by Gasteiger charge is -2.10. The SMILES string of the molecule is Cc1cc2c3ccccc3n(Cc3cccc(Cl)c3)c2c(C)n1. The van der Waals surface area contributed by atoms with Gasteiger partial charge < -0.3 is 4.57 Å². The summed E-state index contributed by atoms with van der Waals surface area (Å²) in [5, 5.41) is 3.32. The smallest absolute Gasteiger partial charge is 0.0710 e. The second-order valence-electron chi connectivity index (χ2n) is 5.98. The molecule has 0 saturated carbocycles. The zero-order valence-electron chi connectivity index (χ0n) is 13.2. The van der Waals surface area contributed by atoms with Crippen LogP contribution in [0.2, 0.25) is 5.02 Å². The monoisotopic (exact) mass is 320 g/mol. The molecule has 0 bridgehead atoms. The molecule has 4 aromatic rings. The average molecular weight is 321 g/mol. The van der Waals surface area contributed by atoms with Crippen molar-refractivity contribution >= 4 is 33.4 Å². The van der Waals surface area contributed by atoms with E-state index in [0.29, 0.717) is 0 Å². The maximum Gasteiger partial charge on any atom is 0.0710 e. The van der Waals surface area contributed by atoms with Gasteiger partial charge in [-0.3, -0.25) is 4.98 Å². The van der Waals surface area contributed by atoms with Crippen LogP contribution in [-0.2, 0) is 6.54 Å². The van der Waals surface area contributed by atoms with Crippen LogP contribution in [0.5, 0.6) is 0 Å². The largest absolute Gasteiger partial charge is 0.334 e. The van der Waals surface area contributed by atoms with E-state index in [2.05, 4.69) is 59.8 Å². The van der Waals surface area contributed by atoms with E-state index in [9.17, 15) is 0 Å². The van der Waals surface area contributed by atoms with E-state index < -0.39 is 0 Å². The lowest BCUT2D eigenvalue weighted by molar-refractivity contribution is 0.861. The van der Waals surface area contributed by atoms with E-state index in [1.165, 1.54) is 27.4 Å². The predicted octanol–water partition coefficient (Wildman–Crippen LogP) is 5.51. The molecule has 0 saturated heterocycles. The molecule has 0 radical (unpaired) electrons. The molecule has 3 heteroatoms. The van der Waals surface area contributed by atoms with Crippen LogP contribution in [0.4, 0.5) is 0 Å². The van der Waals surface area contributed by atoms with E-state index in [1.54, 1.807) is 0 Å². The molecule has 2 nitrogen and oxygen atoms in total. The highest BCUT2D eigenvalue weighted by Gasteiger charge is 2.14. The molecule has 0 fully saturated rings. The average Bonchev–Trinajstić information content (AvgIpc) is 2.82. The molecule has 2 aromatic carbocycles. The summed E-state index contributed by atoms with van der Waals surface area (Å²) in [7, 11) is 0. The number of halogens is 1. The molecule has 114 valence electrons. The molecular weight excluding hydrogens is 304 g/mol. The minimum Gasteiger partial charge on any atom is -0.334 e. The van der Waals surface area contributed by atoms with Crippen molar-refractivity contribution in [1.29, 1.82) is 0 Å². The molecule has 0 aliphatic heterocycles. The van der Waals surface area contributed by atoms with Gasteiger partial charge in [0.2, 0.25) is 0 Å². The molecule has 0 aliphatic rings. The van der Waals surface area contributed by atoms with Gasteiger partial charge in [-0.2, -0.15) is 0 Å². The number of aryl methyl sites for hydroxylation is 2. The summed E-state index contributed by atoms with van der Waals surface area (Å²) in [5.74, 6) is 0. The Morgan fingerprint density at radius 1 is 0.957 bits per heavy atom. The maximum atomic E-state index is 6.15. The number of hydrogen-bond acceptors (Lipinski definition) is 1. The Balaban J connectivity index is 2.03. The highest BCUT2D eigenvalue weighted by atomic mass is 35.5. The fourth-order valence-corrected chi connectivity index (χ4v) is 3.62. The quantitative estimate of drug-likeness (QED) is 0.476. The van der Waals surface area contributed by atoms with Crippen molar-refractivity contribution in [2.24, 2.45) is 0 Å². The van der Waals surface area contributed by atoms with Crippen molar-refractivity contribution in [2.45, 2.75) is 20.4 Å². The minimum absolute atomic E-state index is 0.772. The normalized spacial score (nSPS) is 11.4. The van der Waals surface area contributed by atoms with Gasteiger partial charge in [0.25, 0.3) is 0 Å². The summed E-state index contributed by atoms with van der Waals surface area (Å²) in [6.45, 7) is 4.92. The van der Waals surface area contributed by atoms with Gasteiger partial charge in [0.05, 0.1) is 11.2 Å². The molecular formula is C20H17ClN2. The fraction of sp³-hybridized carbons (Fsp3) is 0.150. The summed E-state index contributed by atoms with van der Waals surface area (Å²) in [6, 6.07) is 18.8. The number of hydrogen-bond donors (Lipinski definition) is 0. The molecule has 2 heterocycles. The molecule has 4 rings (SSSR count). The molecule has 0 unspecified atom stereocenters. The van der Waals surface area contributed by atoms with Gasteiger partial charge in [-0.1, -0.05) is 41.9 Å². The number of nitrogens with zero attached hydrogens (tertiary/aromatic N) is 2. The summed E-state index contributed by atoms with van der Waals surface area (Å²) in [5.41, 5.74) is 5.76. The van der Waals surface area contributed by atoms with Gasteiger partial charge in [0, 0.05) is 33.6 Å². The van der Waals surface area contributed by atoms with Gasteiger partial charge in [0.15, 0.2) is 0 Å². The van der Waals surface area contributed by atoms with Crippen molar-refractivity contribution in [3.63, 3.8) is 0 Å². The lowest BCUT2D eigenvalue weighted by Crippen LogP contribution is -2.01. The van der Waals surface area contributed by atoms with E-state index >= 15 is 0 Å². The third kappa shape index (κ3) is 2.40. The van der Waals surface area contributed by atoms with Gasteiger partial charge in [-0.15, -0.1) is 0 Å². The van der Waals surface area contributed by atoms with Crippen LogP contribution in [0.1, 0.15) is 17.0 Å². The van der Waals surface area contributed by atoms with Gasteiger partial charge in [0.1, 0.15) is 0 Å². The third-order valence-corrected chi connectivity index (χ3v) is 4.51. The highest BCUT2D eigenvalue weighted by molar-refractivity contribution is 6.30. The van der Waals surface area contributed by atoms with Crippen molar-refractivity contribution in [3.05, 3.63) is 76.6 Å². The van der Waals surface area contributed by atoms with Crippen LogP contribution in [0.3, 0.4) is 0 Å². The summed E-state index contributed by atoms with van der Waals surface area (Å²) < 4.78 is 2.35. The number of benzene rings is 2. The van der Waals surface area contributed by atoms with E-state index in [1.807, 2.05) is 18.2 Å². The third-order valence-electron chi connectivity index (χ3n) is 4.28. The van der Waals surface area contributed by atoms with Crippen molar-refractivity contribution in [2.75, 3.05) is 0 Å². The van der Waals surface area contributed by atoms with Crippen LogP contribution < -0.4 is 0 Å². The Hall–Kier alpha value is -2.32. The minimum atomic E-state index is 0.772. The van der Waals surface area contributed by atoms with Crippen molar-refractivity contribution in [3.8, 4) is 0 Å². The van der Waals surface area contributed by atoms with Crippen LogP contribution in [0.25, 0.3) is 21.8 Å². The number of pyridine rings is 1. The van der Waals surface area contributed by atoms with Crippen molar-refractivity contribution in [1.82, 2.24) is 9.55 Å². The first-order valence-electron chi connectivity index (χ1n) is 7.73. The van der Waals surface area contributed by atoms with Crippen molar-refractivity contribution < 1.29 is 0 Å². The maximum absolute atomic E-state index is 6.15. The first-order chi connectivity index (χ1) is 11.1. The summed E-state index contributed by atoms with van der Waals surface area (Å²) >= 11 is 6.15. The van der Waals surface area contributed by atoms with Crippen LogP contribution >= 0.6 is 11.6 Å². The van der Waals surface area contributed by atoms with Crippen LogP contribution in [0.15, 0.2) is 54.6 Å². The van der Waals surface area contributed by atoms with Gasteiger partial charge >= 0.3 is 0 Å². The Morgan fingerprint density at radius 2 is 1.78 bits per heavy atom. The molecule has 0 N–H and O–H groups in total. The highest BCUT2D eigenvalue weighted by Crippen LogP contribution is 2.31. The standard InChI is InChI=1S/C20H17ClN2/c1-13-10-18-17-8-3-4-9-19(17)23(20(18)14(2)22-13)12-15-6-5-7-16(21)11-15/h3-11H,12H2,1-2H3. The summed E-state index contributed by atoms with van der Waals surface area (Å²) in [4.78, 5) is 4.67. The fourth-order valence-electron chi connectivity index (χ4n) is 3.41. The second-order valence-corrected chi connectivity index (χ2v) is 6.41. The van der Waals surface area contributed by atoms with Crippen LogP contribution in [-0.4, -0.2) is 9.55 Å². The summed E-state index contributed by atoms with van der Waals surface area (Å²) in [6.07, 6.45) is 0. The number of fused-ring (bicyclic) bond motifs is 3. The second kappa shape index (κ2) is 5.39. The van der Waals surface area contributed by atoms with E-state index in [0.717, 1.165) is 23.0 Å². The lowest BCUT2D eigenvalue weighted by atomic mass is 10.1. The Kier molecular flexibility index (Phi) is 3.35. The van der Waals surface area contributed by atoms with E-state index in [4.69, 9.17) is 11.6 Å². The molecule has 2 aromatic heterocycles. The van der Waals surface area contributed by atoms with E-state index in [-0.39, 0.29) is 0 Å². The molecule has 0 amide bonds. The molecule has 0 spiro atoms. The first-order valence-corrected chi connectivity index (χ1v) is 8.11. The Bertz CT molecular complexity index is 1030. The topological polar surface area (TPSA) is 17.8 Å². The Morgan fingerprint density at radius 3 is 2.61 bits per heavy atom. The zero-order chi connectivity index (χ0) is 16.0. The first kappa shape index (κ1) is 14.3. The number of aromatic nitrogens is 2. The molecule has 0 atom stereocenters. The van der Waals surface area contributed by atoms with Gasteiger partial charge in [-0.25, -0.2) is 0 Å². The zero-order valence-corrected chi connectivity index (χ0v) is 13.9. The predicted molar refractivity (Wildman–Crippen MR) is 97.3 cm³/mol.